The van der Waals surface area contributed by atoms with Crippen molar-refractivity contribution >= 4 is 11.7 Å². The van der Waals surface area contributed by atoms with Gasteiger partial charge in [0.2, 0.25) is 5.91 Å². The van der Waals surface area contributed by atoms with Gasteiger partial charge in [-0.25, -0.2) is 0 Å². The summed E-state index contributed by atoms with van der Waals surface area (Å²) in [7, 11) is 0. The number of alkyl halides is 3. The molecule has 0 fully saturated rings. The number of oxime groups is 1. The number of nitrogens with zero attached hydrogens (tertiary/aromatic N) is 2. The van der Waals surface area contributed by atoms with Crippen molar-refractivity contribution in [1.82, 2.24) is 4.90 Å². The average molecular weight is 303 g/mol. The molecule has 0 aromatic heterocycles. The van der Waals surface area contributed by atoms with Crippen LogP contribution in [0, 0.1) is 0 Å². The van der Waals surface area contributed by atoms with Crippen molar-refractivity contribution in [3.8, 4) is 0 Å². The van der Waals surface area contributed by atoms with Crippen molar-refractivity contribution in [2.24, 2.45) is 10.9 Å². The number of halogens is 3. The highest BCUT2D eigenvalue weighted by Gasteiger charge is 2.30. The summed E-state index contributed by atoms with van der Waals surface area (Å²) in [6, 6.07) is 4.39. The van der Waals surface area contributed by atoms with Crippen molar-refractivity contribution in [2.75, 3.05) is 13.1 Å². The van der Waals surface area contributed by atoms with E-state index < -0.39 is 11.7 Å². The number of carbonyl (C=O) groups is 1. The zero-order chi connectivity index (χ0) is 16.0. The van der Waals surface area contributed by atoms with E-state index in [1.54, 1.807) is 6.92 Å². The number of amides is 1. The SMILES string of the molecule is CCN(CC(N)=NO)C(=O)Cc1ccc(C(F)(F)F)cc1. The summed E-state index contributed by atoms with van der Waals surface area (Å²) in [5, 5.41) is 11.3. The van der Waals surface area contributed by atoms with Gasteiger partial charge in [0.25, 0.3) is 0 Å². The Morgan fingerprint density at radius 1 is 1.33 bits per heavy atom. The highest BCUT2D eigenvalue weighted by atomic mass is 19.4. The van der Waals surface area contributed by atoms with Crippen LogP contribution in [0.5, 0.6) is 0 Å². The van der Waals surface area contributed by atoms with Gasteiger partial charge in [0.05, 0.1) is 18.5 Å². The van der Waals surface area contributed by atoms with Gasteiger partial charge in [-0.2, -0.15) is 13.2 Å². The first-order chi connectivity index (χ1) is 9.77. The number of nitrogens with two attached hydrogens (primary N) is 1. The highest BCUT2D eigenvalue weighted by molar-refractivity contribution is 5.87. The van der Waals surface area contributed by atoms with Crippen molar-refractivity contribution in [3.63, 3.8) is 0 Å². The van der Waals surface area contributed by atoms with Crippen LogP contribution in [0.25, 0.3) is 0 Å². The molecule has 1 aromatic carbocycles. The monoisotopic (exact) mass is 303 g/mol. The van der Waals surface area contributed by atoms with Crippen molar-refractivity contribution in [3.05, 3.63) is 35.4 Å². The summed E-state index contributed by atoms with van der Waals surface area (Å²) < 4.78 is 37.3. The maximum Gasteiger partial charge on any atom is 0.416 e. The number of benzene rings is 1. The van der Waals surface area contributed by atoms with Crippen LogP contribution in [0.2, 0.25) is 0 Å². The normalized spacial score (nSPS) is 12.3. The van der Waals surface area contributed by atoms with E-state index in [4.69, 9.17) is 10.9 Å². The van der Waals surface area contributed by atoms with Crippen LogP contribution in [0.3, 0.4) is 0 Å². The summed E-state index contributed by atoms with van der Waals surface area (Å²) in [5.74, 6) is -0.429. The van der Waals surface area contributed by atoms with E-state index in [-0.39, 0.29) is 24.7 Å². The van der Waals surface area contributed by atoms with Crippen LogP contribution < -0.4 is 5.73 Å². The second-order valence-corrected chi connectivity index (χ2v) is 4.37. The maximum absolute atomic E-state index is 12.4. The Morgan fingerprint density at radius 2 is 1.90 bits per heavy atom. The molecular weight excluding hydrogens is 287 g/mol. The quantitative estimate of drug-likeness (QED) is 0.377. The molecule has 0 aliphatic carbocycles. The number of amidine groups is 1. The van der Waals surface area contributed by atoms with Crippen LogP contribution in [0.4, 0.5) is 13.2 Å². The fourth-order valence-electron chi connectivity index (χ4n) is 1.70. The van der Waals surface area contributed by atoms with Gasteiger partial charge >= 0.3 is 6.18 Å². The standard InChI is InChI=1S/C13H16F3N3O2/c1-2-19(8-11(17)18-21)12(20)7-9-3-5-10(6-4-9)13(14,15)16/h3-6,21H,2,7-8H2,1H3,(H2,17,18). The Labute approximate surface area is 119 Å². The van der Waals surface area contributed by atoms with Gasteiger partial charge in [-0.05, 0) is 24.6 Å². The molecule has 0 spiro atoms. The maximum atomic E-state index is 12.4. The lowest BCUT2D eigenvalue weighted by atomic mass is 10.1. The molecule has 0 aliphatic heterocycles. The number of rotatable bonds is 5. The third-order valence-corrected chi connectivity index (χ3v) is 2.85. The summed E-state index contributed by atoms with van der Waals surface area (Å²) in [6.45, 7) is 2.03. The summed E-state index contributed by atoms with van der Waals surface area (Å²) >= 11 is 0. The molecule has 0 aliphatic rings. The van der Waals surface area contributed by atoms with E-state index in [0.29, 0.717) is 12.1 Å². The lowest BCUT2D eigenvalue weighted by Gasteiger charge is -2.20. The third-order valence-electron chi connectivity index (χ3n) is 2.85. The van der Waals surface area contributed by atoms with Crippen LogP contribution in [0.1, 0.15) is 18.1 Å². The van der Waals surface area contributed by atoms with Crippen LogP contribution >= 0.6 is 0 Å². The van der Waals surface area contributed by atoms with Gasteiger partial charge < -0.3 is 15.8 Å². The van der Waals surface area contributed by atoms with Crippen molar-refractivity contribution < 1.29 is 23.2 Å². The van der Waals surface area contributed by atoms with E-state index in [2.05, 4.69) is 5.16 Å². The van der Waals surface area contributed by atoms with Crippen molar-refractivity contribution in [1.29, 1.82) is 0 Å². The van der Waals surface area contributed by atoms with Gasteiger partial charge in [0.1, 0.15) is 0 Å². The third kappa shape index (κ3) is 4.97. The Hall–Kier alpha value is -2.25. The Kier molecular flexibility index (Phi) is 5.57. The Balaban J connectivity index is 2.73. The predicted molar refractivity (Wildman–Crippen MR) is 70.8 cm³/mol. The average Bonchev–Trinajstić information content (AvgIpc) is 2.43. The second kappa shape index (κ2) is 6.96. The van der Waals surface area contributed by atoms with Gasteiger partial charge in [0.15, 0.2) is 5.84 Å². The molecule has 1 aromatic rings. The number of hydrogen-bond acceptors (Lipinski definition) is 3. The molecule has 0 bridgehead atoms. The zero-order valence-corrected chi connectivity index (χ0v) is 11.4. The molecule has 0 saturated carbocycles. The summed E-state index contributed by atoms with van der Waals surface area (Å²) in [6.07, 6.45) is -4.45. The van der Waals surface area contributed by atoms with E-state index in [0.717, 1.165) is 12.1 Å². The molecule has 5 nitrogen and oxygen atoms in total. The summed E-state index contributed by atoms with van der Waals surface area (Å²) in [5.41, 5.74) is 5.03. The van der Waals surface area contributed by atoms with Gasteiger partial charge in [-0.15, -0.1) is 0 Å². The largest absolute Gasteiger partial charge is 0.416 e. The molecule has 1 rings (SSSR count). The number of carbonyl (C=O) groups excluding carboxylic acids is 1. The van der Waals surface area contributed by atoms with Crippen LogP contribution in [-0.4, -0.2) is 34.9 Å². The molecule has 0 saturated heterocycles. The molecular formula is C13H16F3N3O2. The fourth-order valence-corrected chi connectivity index (χ4v) is 1.70. The minimum Gasteiger partial charge on any atom is -0.409 e. The lowest BCUT2D eigenvalue weighted by Crippen LogP contribution is -2.39. The minimum absolute atomic E-state index is 0.0352. The highest BCUT2D eigenvalue weighted by Crippen LogP contribution is 2.29. The van der Waals surface area contributed by atoms with Gasteiger partial charge in [-0.1, -0.05) is 17.3 Å². The number of hydrogen-bond donors (Lipinski definition) is 2. The first-order valence-electron chi connectivity index (χ1n) is 6.18. The molecule has 21 heavy (non-hydrogen) atoms. The first-order valence-corrected chi connectivity index (χ1v) is 6.18. The van der Waals surface area contributed by atoms with Gasteiger partial charge in [-0.3, -0.25) is 4.79 Å². The summed E-state index contributed by atoms with van der Waals surface area (Å²) in [4.78, 5) is 13.3. The Bertz CT molecular complexity index is 512. The minimum atomic E-state index is -4.40. The van der Waals surface area contributed by atoms with E-state index in [1.165, 1.54) is 17.0 Å². The molecule has 116 valence electrons. The molecule has 0 unspecified atom stereocenters. The molecule has 3 N–H and O–H groups in total. The first kappa shape index (κ1) is 16.8. The van der Waals surface area contributed by atoms with Crippen LogP contribution in [-0.2, 0) is 17.4 Å². The second-order valence-electron chi connectivity index (χ2n) is 4.37. The van der Waals surface area contributed by atoms with Gasteiger partial charge in [0, 0.05) is 6.54 Å². The molecule has 0 atom stereocenters. The smallest absolute Gasteiger partial charge is 0.409 e. The number of likely N-dealkylation sites (N-methyl/N-ethyl adjacent to an activating group) is 1. The molecule has 0 radical (unpaired) electrons. The molecule has 8 heteroatoms. The molecule has 1 amide bonds. The topological polar surface area (TPSA) is 78.9 Å². The van der Waals surface area contributed by atoms with E-state index >= 15 is 0 Å². The van der Waals surface area contributed by atoms with E-state index in [1.807, 2.05) is 0 Å². The zero-order valence-electron chi connectivity index (χ0n) is 11.4. The van der Waals surface area contributed by atoms with E-state index in [9.17, 15) is 18.0 Å². The lowest BCUT2D eigenvalue weighted by molar-refractivity contribution is -0.137. The van der Waals surface area contributed by atoms with Crippen LogP contribution in [0.15, 0.2) is 29.4 Å². The Morgan fingerprint density at radius 3 is 2.33 bits per heavy atom. The predicted octanol–water partition coefficient (Wildman–Crippen LogP) is 1.84. The van der Waals surface area contributed by atoms with Crippen molar-refractivity contribution in [2.45, 2.75) is 19.5 Å². The fraction of sp³-hybridized carbons (Fsp3) is 0.385. The molecule has 0 heterocycles.